The fourth-order valence-corrected chi connectivity index (χ4v) is 5.30. The molecule has 11 heteroatoms. The van der Waals surface area contributed by atoms with Crippen molar-refractivity contribution in [2.75, 3.05) is 0 Å². The topological polar surface area (TPSA) is 148 Å². The Hall–Kier alpha value is -5.97. The Balaban J connectivity index is 1.51. The third-order valence-electron chi connectivity index (χ3n) is 7.14. The number of nitrogens with one attached hydrogen (secondary N) is 2. The van der Waals surface area contributed by atoms with E-state index in [-0.39, 0.29) is 0 Å². The molecule has 40 heavy (non-hydrogen) atoms. The van der Waals surface area contributed by atoms with Gasteiger partial charge in [0.25, 0.3) is 0 Å². The van der Waals surface area contributed by atoms with Crippen molar-refractivity contribution < 1.29 is 0 Å². The third-order valence-corrected chi connectivity index (χ3v) is 7.14. The van der Waals surface area contributed by atoms with Gasteiger partial charge in [-0.05, 0) is 5.21 Å². The Morgan fingerprint density at radius 3 is 1.38 bits per heavy atom. The molecular weight excluding hydrogens is 502 g/mol. The number of rotatable bonds is 0. The van der Waals surface area contributed by atoms with Crippen molar-refractivity contribution in [3.63, 3.8) is 0 Å². The minimum atomic E-state index is 0.471. The van der Waals surface area contributed by atoms with Gasteiger partial charge >= 0.3 is 0 Å². The van der Waals surface area contributed by atoms with E-state index in [0.29, 0.717) is 56.8 Å². The van der Waals surface area contributed by atoms with E-state index in [1.165, 1.54) is 0 Å². The Labute approximate surface area is 224 Å². The zero-order chi connectivity index (χ0) is 26.2. The van der Waals surface area contributed by atoms with E-state index in [0.717, 1.165) is 33.0 Å². The maximum Gasteiger partial charge on any atom is 0.164 e. The van der Waals surface area contributed by atoms with Crippen LogP contribution >= 0.6 is 0 Å². The highest BCUT2D eigenvalue weighted by Gasteiger charge is 2.22. The van der Waals surface area contributed by atoms with Crippen LogP contribution in [-0.2, 0) is 0 Å². The van der Waals surface area contributed by atoms with Crippen molar-refractivity contribution in [2.45, 2.75) is 0 Å². The summed E-state index contributed by atoms with van der Waals surface area (Å²) in [5.41, 5.74) is 6.33. The largest absolute Gasteiger partial charge is 0.324 e. The van der Waals surface area contributed by atoms with Crippen molar-refractivity contribution >= 4 is 44.3 Å². The van der Waals surface area contributed by atoms with Crippen LogP contribution in [0.15, 0.2) is 79.0 Å². The zero-order valence-corrected chi connectivity index (χ0v) is 20.5. The Kier molecular flexibility index (Phi) is 4.08. The van der Waals surface area contributed by atoms with Gasteiger partial charge in [0.15, 0.2) is 28.9 Å². The molecule has 3 aromatic carbocycles. The molecule has 11 nitrogen and oxygen atoms in total. The molecule has 2 aliphatic heterocycles. The first kappa shape index (κ1) is 21.0. The second kappa shape index (κ2) is 7.77. The van der Waals surface area contributed by atoms with Gasteiger partial charge < -0.3 is 9.97 Å². The molecule has 4 aromatic heterocycles. The van der Waals surface area contributed by atoms with Crippen molar-refractivity contribution in [2.24, 2.45) is 0 Å². The molecule has 0 aliphatic carbocycles. The number of aromatic amines is 2. The lowest BCUT2D eigenvalue weighted by atomic mass is 10.1. The molecule has 0 saturated carbocycles. The van der Waals surface area contributed by atoms with E-state index < -0.39 is 0 Å². The van der Waals surface area contributed by atoms with Gasteiger partial charge in [-0.3, -0.25) is 0 Å². The average molecular weight is 518 g/mol. The summed E-state index contributed by atoms with van der Waals surface area (Å²) in [6.07, 6.45) is 1.62. The third kappa shape index (κ3) is 2.96. The van der Waals surface area contributed by atoms with Gasteiger partial charge in [-0.1, -0.05) is 72.8 Å². The van der Waals surface area contributed by atoms with Gasteiger partial charge in [0.1, 0.15) is 22.5 Å². The van der Waals surface area contributed by atoms with Crippen LogP contribution in [0.3, 0.4) is 0 Å². The summed E-state index contributed by atoms with van der Waals surface area (Å²) in [5, 5.41) is 14.6. The van der Waals surface area contributed by atoms with Crippen LogP contribution in [0.5, 0.6) is 0 Å². The van der Waals surface area contributed by atoms with Crippen LogP contribution in [0.4, 0.5) is 0 Å². The average Bonchev–Trinajstić information content (AvgIpc) is 3.73. The summed E-state index contributed by atoms with van der Waals surface area (Å²) in [6.45, 7) is 0. The molecule has 6 heterocycles. The first-order chi connectivity index (χ1) is 19.8. The van der Waals surface area contributed by atoms with Crippen LogP contribution in [0.2, 0.25) is 0 Å². The quantitative estimate of drug-likeness (QED) is 0.282. The minimum absolute atomic E-state index is 0.471. The minimum Gasteiger partial charge on any atom is -0.324 e. The van der Waals surface area contributed by atoms with E-state index in [1.807, 2.05) is 72.8 Å². The number of hydrogen-bond donors (Lipinski definition) is 2. The van der Waals surface area contributed by atoms with Crippen molar-refractivity contribution in [3.05, 3.63) is 79.0 Å². The van der Waals surface area contributed by atoms with Crippen LogP contribution in [0.25, 0.3) is 89.8 Å². The molecule has 0 radical (unpaired) electrons. The summed E-state index contributed by atoms with van der Waals surface area (Å²) < 4.78 is 0. The van der Waals surface area contributed by atoms with Gasteiger partial charge in [-0.15, -0.1) is 10.2 Å². The molecule has 0 saturated heterocycles. The zero-order valence-electron chi connectivity index (χ0n) is 20.5. The molecular formula is C29H15N11. The molecule has 0 amide bonds. The highest BCUT2D eigenvalue weighted by Crippen LogP contribution is 2.36. The van der Waals surface area contributed by atoms with Crippen LogP contribution in [0.1, 0.15) is 0 Å². The normalized spacial score (nSPS) is 12.0. The molecule has 9 rings (SSSR count). The van der Waals surface area contributed by atoms with Gasteiger partial charge in [0.2, 0.25) is 0 Å². The van der Waals surface area contributed by atoms with Gasteiger partial charge in [-0.25, -0.2) is 29.9 Å². The molecule has 186 valence electrons. The van der Waals surface area contributed by atoms with Gasteiger partial charge in [0, 0.05) is 33.0 Å². The molecule has 7 aromatic rings. The maximum absolute atomic E-state index is 4.98. The van der Waals surface area contributed by atoms with Crippen LogP contribution in [0, 0.1) is 0 Å². The summed E-state index contributed by atoms with van der Waals surface area (Å²) in [4.78, 5) is 36.2. The van der Waals surface area contributed by atoms with E-state index >= 15 is 0 Å². The number of benzene rings is 3. The van der Waals surface area contributed by atoms with Crippen LogP contribution in [-0.4, -0.2) is 55.3 Å². The number of fused-ring (bicyclic) bond motifs is 20. The smallest absolute Gasteiger partial charge is 0.164 e. The van der Waals surface area contributed by atoms with E-state index in [9.17, 15) is 0 Å². The standard InChI is InChI=1S/C29H15N11/c1-2-8-15-14(7-1)22-31-23(15)33-25-18-11-5-6-12-19(18)27(35-25)37-29-21-20(13-30-40-39-21)28(38-29)36-26-17-10-4-3-9-16(17)24(32-22)34-26/h1-13H,(H2,31,32,33,34,35,36,37,38). The van der Waals surface area contributed by atoms with Crippen molar-refractivity contribution in [3.8, 4) is 45.6 Å². The highest BCUT2D eigenvalue weighted by atomic mass is 15.3. The number of hydrogen-bond acceptors (Lipinski definition) is 9. The Bertz CT molecular complexity index is 2030. The molecule has 0 fully saturated rings. The first-order valence-corrected chi connectivity index (χ1v) is 12.6. The summed E-state index contributed by atoms with van der Waals surface area (Å²) >= 11 is 0. The van der Waals surface area contributed by atoms with Crippen molar-refractivity contribution in [1.29, 1.82) is 0 Å². The van der Waals surface area contributed by atoms with E-state index in [4.69, 9.17) is 29.9 Å². The predicted molar refractivity (Wildman–Crippen MR) is 149 cm³/mol. The lowest BCUT2D eigenvalue weighted by Gasteiger charge is -1.96. The maximum atomic E-state index is 4.98. The number of H-pyrrole nitrogens is 2. The molecule has 2 N–H and O–H groups in total. The highest BCUT2D eigenvalue weighted by molar-refractivity contribution is 6.05. The summed E-state index contributed by atoms with van der Waals surface area (Å²) in [6, 6.07) is 23.8. The lowest BCUT2D eigenvalue weighted by molar-refractivity contribution is 0.898. The fourth-order valence-electron chi connectivity index (χ4n) is 5.30. The van der Waals surface area contributed by atoms with Gasteiger partial charge in [0.05, 0.1) is 11.6 Å². The first-order valence-electron chi connectivity index (χ1n) is 12.6. The second-order valence-corrected chi connectivity index (χ2v) is 9.44. The molecule has 0 spiro atoms. The van der Waals surface area contributed by atoms with Crippen molar-refractivity contribution in [1.82, 2.24) is 55.3 Å². The number of aromatic nitrogens is 11. The Morgan fingerprint density at radius 2 is 0.850 bits per heavy atom. The Morgan fingerprint density at radius 1 is 0.425 bits per heavy atom. The van der Waals surface area contributed by atoms with E-state index in [1.54, 1.807) is 6.20 Å². The summed E-state index contributed by atoms with van der Waals surface area (Å²) in [7, 11) is 0. The lowest BCUT2D eigenvalue weighted by Crippen LogP contribution is -1.86. The summed E-state index contributed by atoms with van der Waals surface area (Å²) in [5.74, 6) is 2.13. The monoisotopic (exact) mass is 517 g/mol. The second-order valence-electron chi connectivity index (χ2n) is 9.44. The predicted octanol–water partition coefficient (Wildman–Crippen LogP) is 5.05. The molecule has 8 bridgehead atoms. The van der Waals surface area contributed by atoms with E-state index in [2.05, 4.69) is 25.4 Å². The van der Waals surface area contributed by atoms with Gasteiger partial charge in [-0.2, -0.15) is 0 Å². The fraction of sp³-hybridized carbons (Fsp3) is 0. The molecule has 0 atom stereocenters. The SMILES string of the molecule is c1ccc2c(c1)-c1nc-2nc2[nH]c(nc3nc(nc4[nH]c(n1)c1ccccc41)-c1ccccc1-3)c1nnncc21. The molecule has 2 aliphatic rings. The molecule has 0 unspecified atom stereocenters. The van der Waals surface area contributed by atoms with Crippen LogP contribution < -0.4 is 0 Å². The number of nitrogens with zero attached hydrogens (tertiary/aromatic N) is 9.